The van der Waals surface area contributed by atoms with Crippen molar-refractivity contribution in [3.8, 4) is 0 Å². The largest absolute Gasteiger partial charge is 0.445 e. The topological polar surface area (TPSA) is 189 Å². The van der Waals surface area contributed by atoms with Crippen LogP contribution in [0.5, 0.6) is 0 Å². The maximum absolute atomic E-state index is 13.1. The number of hydrogen-bond acceptors (Lipinski definition) is 7. The van der Waals surface area contributed by atoms with E-state index < -0.39 is 60.2 Å². The molecule has 0 bridgehead atoms. The molecule has 0 unspecified atom stereocenters. The molecule has 242 valence electrons. The maximum Gasteiger partial charge on any atom is 0.408 e. The average Bonchev–Trinajstić information content (AvgIpc) is 3.03. The van der Waals surface area contributed by atoms with E-state index in [1.54, 1.807) is 38.1 Å². The number of alkyl carbamates (subject to hydrolysis) is 1. The first-order chi connectivity index (χ1) is 21.9. The minimum atomic E-state index is -1.17. The van der Waals surface area contributed by atoms with E-state index in [1.807, 2.05) is 48.5 Å². The molecule has 0 heterocycles. The number of benzene rings is 3. The van der Waals surface area contributed by atoms with Gasteiger partial charge in [-0.1, -0.05) is 86.6 Å². The summed E-state index contributed by atoms with van der Waals surface area (Å²) in [5.41, 5.74) is 9.21. The lowest BCUT2D eigenvalue weighted by Crippen LogP contribution is -2.59. The predicted octanol–water partition coefficient (Wildman–Crippen LogP) is 1.81. The van der Waals surface area contributed by atoms with Crippen LogP contribution in [0.25, 0.3) is 10.8 Å². The Labute approximate surface area is 266 Å². The second-order valence-electron chi connectivity index (χ2n) is 10.7. The highest BCUT2D eigenvalue weighted by molar-refractivity contribution is 5.99. The van der Waals surface area contributed by atoms with Gasteiger partial charge in [-0.05, 0) is 34.7 Å². The number of hydrogen-bond donors (Lipinski definition) is 5. The molecule has 0 saturated carbocycles. The minimum Gasteiger partial charge on any atom is -0.445 e. The normalized spacial score (nSPS) is 12.2. The SMILES string of the molecule is CC(C)[C@H](NC(=O)[C@H](C)NC(=O)OCc1ccccc1)C(=O)NN(CC(N)=O)C(=O)/C=C/C(=O)NCc1cccc2ccccc12. The summed E-state index contributed by atoms with van der Waals surface area (Å²) in [7, 11) is 0. The number of hydrazine groups is 1. The quantitative estimate of drug-likeness (QED) is 0.141. The van der Waals surface area contributed by atoms with Crippen molar-refractivity contribution >= 4 is 46.4 Å². The van der Waals surface area contributed by atoms with E-state index in [4.69, 9.17) is 10.5 Å². The number of nitrogens with one attached hydrogen (secondary N) is 4. The van der Waals surface area contributed by atoms with Gasteiger partial charge in [0.25, 0.3) is 11.8 Å². The van der Waals surface area contributed by atoms with Gasteiger partial charge in [0.05, 0.1) is 0 Å². The van der Waals surface area contributed by atoms with Crippen LogP contribution in [-0.2, 0) is 41.9 Å². The lowest BCUT2D eigenvalue weighted by molar-refractivity contribution is -0.142. The number of nitrogens with zero attached hydrogens (tertiary/aromatic N) is 1. The van der Waals surface area contributed by atoms with E-state index in [9.17, 15) is 28.8 Å². The van der Waals surface area contributed by atoms with Crippen LogP contribution in [0.15, 0.2) is 84.9 Å². The molecule has 0 aliphatic heterocycles. The highest BCUT2D eigenvalue weighted by Gasteiger charge is 2.29. The van der Waals surface area contributed by atoms with Gasteiger partial charge in [-0.15, -0.1) is 0 Å². The average molecular weight is 631 g/mol. The first kappa shape index (κ1) is 34.8. The van der Waals surface area contributed by atoms with Crippen molar-refractivity contribution in [2.75, 3.05) is 6.54 Å². The first-order valence-corrected chi connectivity index (χ1v) is 14.5. The Hall–Kier alpha value is -5.72. The van der Waals surface area contributed by atoms with Gasteiger partial charge in [0.2, 0.25) is 17.7 Å². The van der Waals surface area contributed by atoms with Gasteiger partial charge >= 0.3 is 6.09 Å². The van der Waals surface area contributed by atoms with E-state index in [-0.39, 0.29) is 13.2 Å². The molecule has 0 aliphatic rings. The van der Waals surface area contributed by atoms with Crippen molar-refractivity contribution in [1.29, 1.82) is 0 Å². The van der Waals surface area contributed by atoms with E-state index in [2.05, 4.69) is 21.4 Å². The maximum atomic E-state index is 13.1. The Morgan fingerprint density at radius 2 is 1.50 bits per heavy atom. The number of carbonyl (C=O) groups is 6. The van der Waals surface area contributed by atoms with Crippen LogP contribution >= 0.6 is 0 Å². The highest BCUT2D eigenvalue weighted by atomic mass is 16.5. The molecule has 6 amide bonds. The van der Waals surface area contributed by atoms with Crippen molar-refractivity contribution < 1.29 is 33.5 Å². The third-order valence-corrected chi connectivity index (χ3v) is 6.72. The third kappa shape index (κ3) is 10.8. The smallest absolute Gasteiger partial charge is 0.408 e. The molecular weight excluding hydrogens is 592 g/mol. The van der Waals surface area contributed by atoms with Crippen LogP contribution in [0.4, 0.5) is 4.79 Å². The molecule has 0 radical (unpaired) electrons. The Bertz CT molecular complexity index is 1590. The second-order valence-corrected chi connectivity index (χ2v) is 10.7. The molecule has 0 saturated heterocycles. The van der Waals surface area contributed by atoms with Crippen LogP contribution in [0, 0.1) is 5.92 Å². The standard InChI is InChI=1S/C33H38N6O7/c1-21(2)30(37-31(43)22(3)36-33(45)46-20-23-10-5-4-6-11-23)32(44)38-39(19-27(34)40)29(42)17-16-28(41)35-18-25-14-9-13-24-12-7-8-15-26(24)25/h4-17,21-22,30H,18-20H2,1-3H3,(H2,34,40)(H,35,41)(H,36,45)(H,37,43)(H,38,44)/b17-16+/t22-,30-/m0/s1. The van der Waals surface area contributed by atoms with Crippen molar-refractivity contribution in [3.63, 3.8) is 0 Å². The number of primary amides is 1. The molecule has 2 atom stereocenters. The van der Waals surface area contributed by atoms with Crippen LogP contribution in [0.3, 0.4) is 0 Å². The second kappa shape index (κ2) is 16.9. The molecule has 3 rings (SSSR count). The summed E-state index contributed by atoms with van der Waals surface area (Å²) in [5, 5.41) is 10.3. The molecule has 13 heteroatoms. The lowest BCUT2D eigenvalue weighted by Gasteiger charge is -2.27. The summed E-state index contributed by atoms with van der Waals surface area (Å²) in [5.74, 6) is -4.41. The van der Waals surface area contributed by atoms with E-state index >= 15 is 0 Å². The number of nitrogens with two attached hydrogens (primary N) is 1. The van der Waals surface area contributed by atoms with Crippen molar-refractivity contribution in [1.82, 2.24) is 26.4 Å². The number of fused-ring (bicyclic) bond motifs is 1. The number of carbonyl (C=O) groups excluding carboxylic acids is 6. The zero-order valence-corrected chi connectivity index (χ0v) is 25.8. The lowest BCUT2D eigenvalue weighted by atomic mass is 10.0. The number of rotatable bonds is 13. The molecule has 0 spiro atoms. The summed E-state index contributed by atoms with van der Waals surface area (Å²) in [6, 6.07) is 20.1. The monoisotopic (exact) mass is 630 g/mol. The summed E-state index contributed by atoms with van der Waals surface area (Å²) in [4.78, 5) is 75.1. The minimum absolute atomic E-state index is 0.00206. The van der Waals surface area contributed by atoms with Gasteiger partial charge < -0.3 is 26.4 Å². The molecule has 6 N–H and O–H groups in total. The summed E-state index contributed by atoms with van der Waals surface area (Å²) < 4.78 is 5.13. The van der Waals surface area contributed by atoms with Gasteiger partial charge in [0.1, 0.15) is 25.2 Å². The van der Waals surface area contributed by atoms with Gasteiger partial charge in [0, 0.05) is 18.7 Å². The molecule has 13 nitrogen and oxygen atoms in total. The predicted molar refractivity (Wildman–Crippen MR) is 170 cm³/mol. The van der Waals surface area contributed by atoms with Crippen LogP contribution in [-0.4, -0.2) is 59.3 Å². The molecule has 3 aromatic carbocycles. The molecule has 0 fully saturated rings. The van der Waals surface area contributed by atoms with E-state index in [0.29, 0.717) is 5.01 Å². The molecule has 46 heavy (non-hydrogen) atoms. The molecular formula is C33H38N6O7. The van der Waals surface area contributed by atoms with Crippen molar-refractivity contribution in [2.45, 2.75) is 46.0 Å². The van der Waals surface area contributed by atoms with Crippen LogP contribution < -0.4 is 27.1 Å². The Balaban J connectivity index is 1.56. The van der Waals surface area contributed by atoms with Crippen LogP contribution in [0.1, 0.15) is 31.9 Å². The molecule has 3 aromatic rings. The van der Waals surface area contributed by atoms with Gasteiger partial charge in [-0.2, -0.15) is 0 Å². The van der Waals surface area contributed by atoms with E-state index in [0.717, 1.165) is 34.1 Å². The zero-order valence-electron chi connectivity index (χ0n) is 25.8. The third-order valence-electron chi connectivity index (χ3n) is 6.72. The number of amides is 6. The van der Waals surface area contributed by atoms with Crippen molar-refractivity contribution in [3.05, 3.63) is 96.1 Å². The van der Waals surface area contributed by atoms with E-state index in [1.165, 1.54) is 6.92 Å². The van der Waals surface area contributed by atoms with Crippen LogP contribution in [0.2, 0.25) is 0 Å². The summed E-state index contributed by atoms with van der Waals surface area (Å²) >= 11 is 0. The fraction of sp³-hybridized carbons (Fsp3) is 0.273. The molecule has 0 aliphatic carbocycles. The van der Waals surface area contributed by atoms with Gasteiger partial charge in [-0.25, -0.2) is 9.80 Å². The fourth-order valence-electron chi connectivity index (χ4n) is 4.28. The van der Waals surface area contributed by atoms with Gasteiger partial charge in [-0.3, -0.25) is 29.4 Å². The summed E-state index contributed by atoms with van der Waals surface area (Å²) in [6.07, 6.45) is 1.03. The summed E-state index contributed by atoms with van der Waals surface area (Å²) in [6.45, 7) is 4.22. The Morgan fingerprint density at radius 1 is 0.826 bits per heavy atom. The molecule has 0 aromatic heterocycles. The first-order valence-electron chi connectivity index (χ1n) is 14.5. The van der Waals surface area contributed by atoms with Gasteiger partial charge in [0.15, 0.2) is 0 Å². The number of ether oxygens (including phenoxy) is 1. The highest BCUT2D eigenvalue weighted by Crippen LogP contribution is 2.18. The zero-order chi connectivity index (χ0) is 33.6. The fourth-order valence-corrected chi connectivity index (χ4v) is 4.28. The Morgan fingerprint density at radius 3 is 2.20 bits per heavy atom. The van der Waals surface area contributed by atoms with Crippen molar-refractivity contribution in [2.24, 2.45) is 11.7 Å². The Kier molecular flexibility index (Phi) is 12.8.